The van der Waals surface area contributed by atoms with E-state index in [-0.39, 0.29) is 29.3 Å². The van der Waals surface area contributed by atoms with Crippen molar-refractivity contribution in [1.82, 2.24) is 4.98 Å². The van der Waals surface area contributed by atoms with Crippen LogP contribution in [0.2, 0.25) is 0 Å². The number of ketones is 1. The van der Waals surface area contributed by atoms with Gasteiger partial charge in [0.1, 0.15) is 12.4 Å². The smallest absolute Gasteiger partial charge is 0.227 e. The number of ether oxygens (including phenoxy) is 1. The van der Waals surface area contributed by atoms with E-state index in [9.17, 15) is 4.79 Å². The number of hydrogen-bond acceptors (Lipinski definition) is 4. The van der Waals surface area contributed by atoms with Crippen molar-refractivity contribution in [2.75, 3.05) is 0 Å². The number of hydrogen-bond donors (Lipinski definition) is 0. The molecule has 6 heteroatoms. The molecule has 0 saturated carbocycles. The molecule has 0 spiro atoms. The summed E-state index contributed by atoms with van der Waals surface area (Å²) in [5.41, 5.74) is 2.84. The zero-order valence-corrected chi connectivity index (χ0v) is 16.4. The summed E-state index contributed by atoms with van der Waals surface area (Å²) in [6.07, 6.45) is 3.59. The van der Waals surface area contributed by atoms with Crippen molar-refractivity contribution >= 4 is 5.78 Å². The number of halogens is 1. The van der Waals surface area contributed by atoms with Gasteiger partial charge >= 0.3 is 0 Å². The molecule has 0 fully saturated rings. The number of aryl methyl sites for hydroxylation is 1. The second-order valence-electron chi connectivity index (χ2n) is 5.88. The van der Waals surface area contributed by atoms with Crippen molar-refractivity contribution in [2.45, 2.75) is 20.1 Å². The Labute approximate surface area is 168 Å². The van der Waals surface area contributed by atoms with Crippen molar-refractivity contribution in [3.8, 4) is 11.8 Å². The summed E-state index contributed by atoms with van der Waals surface area (Å²) < 4.78 is 7.50. The summed E-state index contributed by atoms with van der Waals surface area (Å²) in [5.74, 6) is 0.660. The molecule has 3 aromatic rings. The largest absolute Gasteiger partial charge is 1.00 e. The van der Waals surface area contributed by atoms with Gasteiger partial charge in [-0.25, -0.2) is 0 Å². The number of nitriles is 1. The fourth-order valence-corrected chi connectivity index (χ4v) is 2.50. The van der Waals surface area contributed by atoms with Gasteiger partial charge in [-0.05, 0) is 31.2 Å². The van der Waals surface area contributed by atoms with Gasteiger partial charge in [0.2, 0.25) is 12.3 Å². The lowest BCUT2D eigenvalue weighted by molar-refractivity contribution is -0.683. The predicted octanol–water partition coefficient (Wildman–Crippen LogP) is 0.0151. The third-order valence-corrected chi connectivity index (χ3v) is 3.83. The summed E-state index contributed by atoms with van der Waals surface area (Å²) in [5, 5.41) is 8.93. The molecule has 0 atom stereocenters. The fourth-order valence-electron chi connectivity index (χ4n) is 2.50. The van der Waals surface area contributed by atoms with Crippen LogP contribution in [0.15, 0.2) is 67.0 Å². The molecular formula is C21H18BrN3O2. The van der Waals surface area contributed by atoms with E-state index in [0.717, 1.165) is 11.4 Å². The van der Waals surface area contributed by atoms with E-state index in [4.69, 9.17) is 10.00 Å². The zero-order chi connectivity index (χ0) is 18.4. The Balaban J connectivity index is 0.00000261. The number of pyridine rings is 2. The first-order valence-electron chi connectivity index (χ1n) is 8.22. The van der Waals surface area contributed by atoms with E-state index in [1.54, 1.807) is 41.2 Å². The van der Waals surface area contributed by atoms with Gasteiger partial charge in [0.25, 0.3) is 0 Å². The van der Waals surface area contributed by atoms with Crippen LogP contribution in [0.25, 0.3) is 0 Å². The number of carbonyl (C=O) groups is 1. The number of benzene rings is 1. The molecule has 1 aromatic carbocycles. The molecule has 0 bridgehead atoms. The summed E-state index contributed by atoms with van der Waals surface area (Å²) in [6.45, 7) is 2.54. The highest BCUT2D eigenvalue weighted by atomic mass is 79.9. The molecule has 0 N–H and O–H groups in total. The second-order valence-corrected chi connectivity index (χ2v) is 5.88. The Hall–Kier alpha value is -3.04. The van der Waals surface area contributed by atoms with Crippen molar-refractivity contribution in [1.29, 1.82) is 5.26 Å². The van der Waals surface area contributed by atoms with Crippen LogP contribution in [0.3, 0.4) is 0 Å². The summed E-state index contributed by atoms with van der Waals surface area (Å²) in [7, 11) is 0. The molecule has 0 aliphatic rings. The fraction of sp³-hybridized carbons (Fsp3) is 0.143. The second kappa shape index (κ2) is 9.60. The SMILES string of the molecule is Cc1cccc(COc2cc[n+](CC(=O)c3cccc(C#N)c3)cc2)n1.[Br-]. The lowest BCUT2D eigenvalue weighted by Crippen LogP contribution is -3.00. The van der Waals surface area contributed by atoms with Crippen LogP contribution in [0.4, 0.5) is 0 Å². The molecule has 2 aromatic heterocycles. The maximum absolute atomic E-state index is 12.3. The molecule has 0 aliphatic heterocycles. The highest BCUT2D eigenvalue weighted by Gasteiger charge is 2.13. The highest BCUT2D eigenvalue weighted by molar-refractivity contribution is 5.95. The topological polar surface area (TPSA) is 66.9 Å². The zero-order valence-electron chi connectivity index (χ0n) is 14.8. The summed E-state index contributed by atoms with van der Waals surface area (Å²) in [4.78, 5) is 16.7. The van der Waals surface area contributed by atoms with E-state index in [0.29, 0.717) is 23.5 Å². The number of aromatic nitrogens is 2. The molecule has 5 nitrogen and oxygen atoms in total. The third kappa shape index (κ3) is 5.73. The predicted molar refractivity (Wildman–Crippen MR) is 95.4 cm³/mol. The first-order valence-corrected chi connectivity index (χ1v) is 8.22. The van der Waals surface area contributed by atoms with Gasteiger partial charge in [-0.1, -0.05) is 18.2 Å². The molecule has 0 aliphatic carbocycles. The Kier molecular flexibility index (Phi) is 7.21. The van der Waals surface area contributed by atoms with Crippen molar-refractivity contribution < 1.29 is 31.1 Å². The molecular weight excluding hydrogens is 406 g/mol. The van der Waals surface area contributed by atoms with E-state index in [2.05, 4.69) is 4.98 Å². The van der Waals surface area contributed by atoms with Gasteiger partial charge in [0, 0.05) is 23.4 Å². The molecule has 136 valence electrons. The maximum Gasteiger partial charge on any atom is 0.227 e. The van der Waals surface area contributed by atoms with E-state index in [1.165, 1.54) is 0 Å². The van der Waals surface area contributed by atoms with Crippen molar-refractivity contribution in [2.24, 2.45) is 0 Å². The van der Waals surface area contributed by atoms with Gasteiger partial charge < -0.3 is 21.7 Å². The quantitative estimate of drug-likeness (QED) is 0.413. The molecule has 2 heterocycles. The Morgan fingerprint density at radius 2 is 1.89 bits per heavy atom. The Bertz CT molecular complexity index is 966. The summed E-state index contributed by atoms with van der Waals surface area (Å²) in [6, 6.07) is 18.2. The highest BCUT2D eigenvalue weighted by Crippen LogP contribution is 2.10. The normalized spacial score (nSPS) is 9.78. The number of Topliss-reactive ketones (excluding diaryl/α,β-unsaturated/α-hetero) is 1. The van der Waals surface area contributed by atoms with E-state index < -0.39 is 0 Å². The molecule has 0 saturated heterocycles. The van der Waals surface area contributed by atoms with Crippen LogP contribution in [0, 0.1) is 18.3 Å². The Morgan fingerprint density at radius 1 is 1.15 bits per heavy atom. The van der Waals surface area contributed by atoms with Crippen LogP contribution < -0.4 is 26.3 Å². The number of carbonyl (C=O) groups excluding carboxylic acids is 1. The van der Waals surface area contributed by atoms with Crippen LogP contribution in [0.1, 0.15) is 27.3 Å². The minimum atomic E-state index is -0.0512. The van der Waals surface area contributed by atoms with Crippen molar-refractivity contribution in [3.63, 3.8) is 0 Å². The minimum Gasteiger partial charge on any atom is -1.00 e. The van der Waals surface area contributed by atoms with Gasteiger partial charge in [0.05, 0.1) is 17.3 Å². The van der Waals surface area contributed by atoms with Gasteiger partial charge in [0.15, 0.2) is 12.4 Å². The standard InChI is InChI=1S/C21H18N3O2.BrH/c1-16-4-2-7-19(23-16)15-26-20-8-10-24(11-9-20)14-21(25)18-6-3-5-17(12-18)13-22;/h2-12H,14-15H2,1H3;1H/q+1;/p-1. The van der Waals surface area contributed by atoms with E-state index in [1.807, 2.05) is 43.3 Å². The number of rotatable bonds is 6. The minimum absolute atomic E-state index is 0. The maximum atomic E-state index is 12.3. The van der Waals surface area contributed by atoms with Crippen LogP contribution >= 0.6 is 0 Å². The number of nitrogens with zero attached hydrogens (tertiary/aromatic N) is 3. The Morgan fingerprint density at radius 3 is 2.59 bits per heavy atom. The lowest BCUT2D eigenvalue weighted by atomic mass is 10.1. The van der Waals surface area contributed by atoms with Crippen LogP contribution in [-0.2, 0) is 13.2 Å². The molecule has 0 radical (unpaired) electrons. The van der Waals surface area contributed by atoms with Crippen LogP contribution in [0.5, 0.6) is 5.75 Å². The van der Waals surface area contributed by atoms with Gasteiger partial charge in [-0.15, -0.1) is 0 Å². The molecule has 0 amide bonds. The summed E-state index contributed by atoms with van der Waals surface area (Å²) >= 11 is 0. The van der Waals surface area contributed by atoms with Crippen LogP contribution in [-0.4, -0.2) is 10.8 Å². The molecule has 0 unspecified atom stereocenters. The van der Waals surface area contributed by atoms with Gasteiger partial charge in [-0.2, -0.15) is 9.83 Å². The monoisotopic (exact) mass is 423 g/mol. The molecule has 27 heavy (non-hydrogen) atoms. The van der Waals surface area contributed by atoms with Gasteiger partial charge in [-0.3, -0.25) is 9.78 Å². The van der Waals surface area contributed by atoms with Crippen molar-refractivity contribution in [3.05, 3.63) is 89.5 Å². The first-order chi connectivity index (χ1) is 12.6. The molecule has 3 rings (SSSR count). The lowest BCUT2D eigenvalue weighted by Gasteiger charge is -2.05. The first kappa shape index (κ1) is 20.3. The average molecular weight is 424 g/mol. The van der Waals surface area contributed by atoms with E-state index >= 15 is 0 Å². The average Bonchev–Trinajstić information content (AvgIpc) is 2.67. The third-order valence-electron chi connectivity index (χ3n) is 3.83.